The molecule has 0 unspecified atom stereocenters. The van der Waals surface area contributed by atoms with E-state index in [-0.39, 0.29) is 0 Å². The van der Waals surface area contributed by atoms with Crippen LogP contribution in [0.4, 0.5) is 0 Å². The molecule has 0 heterocycles. The Labute approximate surface area is 120 Å². The lowest BCUT2D eigenvalue weighted by Crippen LogP contribution is -2.03. The molecule has 0 spiro atoms. The molecular weight excluding hydrogens is 308 g/mol. The van der Waals surface area contributed by atoms with Gasteiger partial charge < -0.3 is 14.6 Å². The smallest absolute Gasteiger partial charge is 0.128 e. The quantitative estimate of drug-likeness (QED) is 0.935. The van der Waals surface area contributed by atoms with Crippen LogP contribution < -0.4 is 9.47 Å². The highest BCUT2D eigenvalue weighted by molar-refractivity contribution is 9.10. The first kappa shape index (κ1) is 13.9. The molecule has 2 aromatic rings. The molecule has 0 saturated heterocycles. The van der Waals surface area contributed by atoms with E-state index in [4.69, 9.17) is 9.47 Å². The molecule has 0 radical (unpaired) electrons. The first-order valence-corrected chi connectivity index (χ1v) is 6.61. The zero-order valence-corrected chi connectivity index (χ0v) is 12.3. The third kappa shape index (κ3) is 2.91. The molecule has 0 fully saturated rings. The summed E-state index contributed by atoms with van der Waals surface area (Å²) in [5.41, 5.74) is 1.50. The minimum absolute atomic E-state index is 0.600. The normalized spacial score (nSPS) is 12.0. The van der Waals surface area contributed by atoms with Crippen LogP contribution in [-0.2, 0) is 0 Å². The molecule has 0 saturated carbocycles. The van der Waals surface area contributed by atoms with E-state index in [1.807, 2.05) is 30.3 Å². The number of aliphatic hydroxyl groups is 1. The van der Waals surface area contributed by atoms with Crippen LogP contribution in [0.5, 0.6) is 11.5 Å². The highest BCUT2D eigenvalue weighted by atomic mass is 79.9. The van der Waals surface area contributed by atoms with Crippen molar-refractivity contribution in [2.45, 2.75) is 6.10 Å². The predicted octanol–water partition coefficient (Wildman–Crippen LogP) is 3.55. The molecule has 0 aromatic heterocycles. The van der Waals surface area contributed by atoms with Crippen LogP contribution in [0.2, 0.25) is 0 Å². The summed E-state index contributed by atoms with van der Waals surface area (Å²) in [6, 6.07) is 12.9. The van der Waals surface area contributed by atoms with Gasteiger partial charge in [0.25, 0.3) is 0 Å². The van der Waals surface area contributed by atoms with E-state index in [9.17, 15) is 5.11 Å². The summed E-state index contributed by atoms with van der Waals surface area (Å²) in [6.45, 7) is 0. The Morgan fingerprint density at radius 2 is 1.74 bits per heavy atom. The molecule has 2 aromatic carbocycles. The molecule has 0 amide bonds. The zero-order chi connectivity index (χ0) is 13.8. The standard InChI is InChI=1S/C15H15BrO3/c1-18-10-7-8-12(14(9-10)19-2)15(17)11-5-3-4-6-13(11)16/h3-9,15,17H,1-2H3/t15-/m1/s1. The Kier molecular flexibility index (Phi) is 4.45. The molecular formula is C15H15BrO3. The van der Waals surface area contributed by atoms with Crippen molar-refractivity contribution in [3.05, 3.63) is 58.1 Å². The van der Waals surface area contributed by atoms with Crippen molar-refractivity contribution in [3.63, 3.8) is 0 Å². The van der Waals surface area contributed by atoms with E-state index in [1.165, 1.54) is 0 Å². The van der Waals surface area contributed by atoms with Gasteiger partial charge in [0, 0.05) is 16.1 Å². The largest absolute Gasteiger partial charge is 0.497 e. The van der Waals surface area contributed by atoms with E-state index >= 15 is 0 Å². The average molecular weight is 323 g/mol. The molecule has 0 aliphatic rings. The van der Waals surface area contributed by atoms with Crippen molar-refractivity contribution in [3.8, 4) is 11.5 Å². The second-order valence-electron chi connectivity index (χ2n) is 4.03. The summed E-state index contributed by atoms with van der Waals surface area (Å²) < 4.78 is 11.3. The van der Waals surface area contributed by atoms with Gasteiger partial charge in [-0.15, -0.1) is 0 Å². The van der Waals surface area contributed by atoms with Gasteiger partial charge in [0.15, 0.2) is 0 Å². The van der Waals surface area contributed by atoms with Crippen molar-refractivity contribution in [1.29, 1.82) is 0 Å². The monoisotopic (exact) mass is 322 g/mol. The van der Waals surface area contributed by atoms with Gasteiger partial charge in [-0.1, -0.05) is 34.1 Å². The molecule has 3 nitrogen and oxygen atoms in total. The Morgan fingerprint density at radius 3 is 2.37 bits per heavy atom. The SMILES string of the molecule is COc1ccc([C@H](O)c2ccccc2Br)c(OC)c1. The summed E-state index contributed by atoms with van der Waals surface area (Å²) in [6.07, 6.45) is -0.753. The van der Waals surface area contributed by atoms with Crippen LogP contribution in [0.3, 0.4) is 0 Å². The third-order valence-electron chi connectivity index (χ3n) is 2.94. The summed E-state index contributed by atoms with van der Waals surface area (Å²) in [4.78, 5) is 0. The molecule has 2 rings (SSSR count). The Balaban J connectivity index is 2.44. The van der Waals surface area contributed by atoms with Crippen LogP contribution >= 0.6 is 15.9 Å². The van der Waals surface area contributed by atoms with Gasteiger partial charge in [-0.05, 0) is 23.8 Å². The topological polar surface area (TPSA) is 38.7 Å². The van der Waals surface area contributed by atoms with E-state index < -0.39 is 6.10 Å². The Morgan fingerprint density at radius 1 is 1.00 bits per heavy atom. The van der Waals surface area contributed by atoms with E-state index in [1.54, 1.807) is 26.4 Å². The predicted molar refractivity (Wildman–Crippen MR) is 77.7 cm³/mol. The summed E-state index contributed by atoms with van der Waals surface area (Å²) in [5, 5.41) is 10.5. The lowest BCUT2D eigenvalue weighted by molar-refractivity contribution is 0.213. The van der Waals surface area contributed by atoms with Crippen molar-refractivity contribution in [2.75, 3.05) is 14.2 Å². The lowest BCUT2D eigenvalue weighted by atomic mass is 10.0. The maximum atomic E-state index is 10.5. The maximum Gasteiger partial charge on any atom is 0.128 e. The molecule has 0 aliphatic carbocycles. The van der Waals surface area contributed by atoms with Gasteiger partial charge in [0.1, 0.15) is 17.6 Å². The molecule has 19 heavy (non-hydrogen) atoms. The van der Waals surface area contributed by atoms with E-state index in [0.717, 1.165) is 10.0 Å². The number of hydrogen-bond donors (Lipinski definition) is 1. The van der Waals surface area contributed by atoms with Gasteiger partial charge in [0.05, 0.1) is 14.2 Å². The summed E-state index contributed by atoms with van der Waals surface area (Å²) in [7, 11) is 3.17. The molecule has 1 atom stereocenters. The molecule has 100 valence electrons. The van der Waals surface area contributed by atoms with Crippen molar-refractivity contribution >= 4 is 15.9 Å². The second kappa shape index (κ2) is 6.08. The number of aliphatic hydroxyl groups excluding tert-OH is 1. The molecule has 0 aliphatic heterocycles. The van der Waals surface area contributed by atoms with Crippen LogP contribution in [0.25, 0.3) is 0 Å². The lowest BCUT2D eigenvalue weighted by Gasteiger charge is -2.17. The van der Waals surface area contributed by atoms with Crippen molar-refractivity contribution in [1.82, 2.24) is 0 Å². The van der Waals surface area contributed by atoms with Gasteiger partial charge in [0.2, 0.25) is 0 Å². The third-order valence-corrected chi connectivity index (χ3v) is 3.66. The van der Waals surface area contributed by atoms with Gasteiger partial charge in [-0.25, -0.2) is 0 Å². The summed E-state index contributed by atoms with van der Waals surface area (Å²) in [5.74, 6) is 1.29. The molecule has 1 N–H and O–H groups in total. The minimum atomic E-state index is -0.753. The van der Waals surface area contributed by atoms with Crippen LogP contribution in [0.1, 0.15) is 17.2 Å². The molecule has 0 bridgehead atoms. The van der Waals surface area contributed by atoms with Crippen molar-refractivity contribution in [2.24, 2.45) is 0 Å². The highest BCUT2D eigenvalue weighted by Gasteiger charge is 2.18. The highest BCUT2D eigenvalue weighted by Crippen LogP contribution is 2.35. The second-order valence-corrected chi connectivity index (χ2v) is 4.89. The minimum Gasteiger partial charge on any atom is -0.497 e. The number of halogens is 1. The van der Waals surface area contributed by atoms with Gasteiger partial charge >= 0.3 is 0 Å². The number of methoxy groups -OCH3 is 2. The maximum absolute atomic E-state index is 10.5. The van der Waals surface area contributed by atoms with Crippen LogP contribution in [-0.4, -0.2) is 19.3 Å². The van der Waals surface area contributed by atoms with E-state index in [2.05, 4.69) is 15.9 Å². The van der Waals surface area contributed by atoms with Gasteiger partial charge in [-0.2, -0.15) is 0 Å². The average Bonchev–Trinajstić information content (AvgIpc) is 2.46. The van der Waals surface area contributed by atoms with Crippen molar-refractivity contribution < 1.29 is 14.6 Å². The fourth-order valence-electron chi connectivity index (χ4n) is 1.91. The first-order chi connectivity index (χ1) is 9.17. The van der Waals surface area contributed by atoms with Crippen LogP contribution in [0, 0.1) is 0 Å². The fourth-order valence-corrected chi connectivity index (χ4v) is 2.41. The first-order valence-electron chi connectivity index (χ1n) is 5.81. The number of rotatable bonds is 4. The molecule has 4 heteroatoms. The number of ether oxygens (including phenoxy) is 2. The van der Waals surface area contributed by atoms with Gasteiger partial charge in [-0.3, -0.25) is 0 Å². The fraction of sp³-hybridized carbons (Fsp3) is 0.200. The Bertz CT molecular complexity index is 569. The Hall–Kier alpha value is -1.52. The number of hydrogen-bond acceptors (Lipinski definition) is 3. The number of benzene rings is 2. The van der Waals surface area contributed by atoms with E-state index in [0.29, 0.717) is 17.1 Å². The summed E-state index contributed by atoms with van der Waals surface area (Å²) >= 11 is 3.44. The zero-order valence-electron chi connectivity index (χ0n) is 10.8. The van der Waals surface area contributed by atoms with Crippen LogP contribution in [0.15, 0.2) is 46.9 Å².